The summed E-state index contributed by atoms with van der Waals surface area (Å²) in [5.74, 6) is -0.748. The molecule has 1 aromatic carbocycles. The van der Waals surface area contributed by atoms with E-state index in [0.29, 0.717) is 17.1 Å². The van der Waals surface area contributed by atoms with Crippen molar-refractivity contribution in [3.05, 3.63) is 23.8 Å². The maximum absolute atomic E-state index is 12.0. The third-order valence-electron chi connectivity index (χ3n) is 2.66. The first-order valence-electron chi connectivity index (χ1n) is 5.10. The Morgan fingerprint density at radius 3 is 2.82 bits per heavy atom. The Bertz CT molecular complexity index is 466. The van der Waals surface area contributed by atoms with Crippen LogP contribution in [0.5, 0.6) is 11.5 Å². The van der Waals surface area contributed by atoms with Crippen molar-refractivity contribution < 1.29 is 23.8 Å². The summed E-state index contributed by atoms with van der Waals surface area (Å²) >= 11 is 0. The molecule has 1 aliphatic rings. The van der Waals surface area contributed by atoms with E-state index in [2.05, 4.69) is 4.74 Å². The van der Waals surface area contributed by atoms with Crippen molar-refractivity contribution in [2.24, 2.45) is 5.92 Å². The fourth-order valence-corrected chi connectivity index (χ4v) is 1.71. The van der Waals surface area contributed by atoms with E-state index < -0.39 is 11.9 Å². The quantitative estimate of drug-likeness (QED) is 0.567. The van der Waals surface area contributed by atoms with E-state index >= 15 is 0 Å². The Kier molecular flexibility index (Phi) is 2.99. The smallest absolute Gasteiger partial charge is 0.320 e. The van der Waals surface area contributed by atoms with Gasteiger partial charge in [-0.05, 0) is 18.2 Å². The Morgan fingerprint density at radius 2 is 2.18 bits per heavy atom. The van der Waals surface area contributed by atoms with Crippen LogP contribution < -0.4 is 9.47 Å². The predicted octanol–water partition coefficient (Wildman–Crippen LogP) is 1.06. The van der Waals surface area contributed by atoms with Crippen LogP contribution in [0.4, 0.5) is 0 Å². The summed E-state index contributed by atoms with van der Waals surface area (Å²) in [5, 5.41) is 0. The lowest BCUT2D eigenvalue weighted by Gasteiger charge is -2.22. The molecule has 1 unspecified atom stereocenters. The van der Waals surface area contributed by atoms with E-state index in [0.717, 1.165) is 0 Å². The molecule has 0 N–H and O–H groups in total. The van der Waals surface area contributed by atoms with Gasteiger partial charge in [0.1, 0.15) is 18.1 Å². The van der Waals surface area contributed by atoms with Gasteiger partial charge in [0, 0.05) is 0 Å². The Morgan fingerprint density at radius 1 is 1.41 bits per heavy atom. The summed E-state index contributed by atoms with van der Waals surface area (Å²) in [4.78, 5) is 23.4. The van der Waals surface area contributed by atoms with Crippen LogP contribution in [-0.2, 0) is 9.53 Å². The van der Waals surface area contributed by atoms with E-state index in [4.69, 9.17) is 9.47 Å². The average molecular weight is 236 g/mol. The first-order chi connectivity index (χ1) is 8.17. The number of ketones is 1. The summed E-state index contributed by atoms with van der Waals surface area (Å²) in [7, 11) is 2.75. The zero-order valence-corrected chi connectivity index (χ0v) is 9.56. The Hall–Kier alpha value is -2.04. The monoisotopic (exact) mass is 236 g/mol. The molecule has 0 aliphatic carbocycles. The molecular weight excluding hydrogens is 224 g/mol. The summed E-state index contributed by atoms with van der Waals surface area (Å²) in [6, 6.07) is 4.91. The van der Waals surface area contributed by atoms with Crippen molar-refractivity contribution in [1.82, 2.24) is 0 Å². The third kappa shape index (κ3) is 1.95. The minimum atomic E-state index is -0.889. The maximum Gasteiger partial charge on any atom is 0.320 e. The van der Waals surface area contributed by atoms with Gasteiger partial charge in [0.15, 0.2) is 11.7 Å². The molecule has 0 amide bonds. The van der Waals surface area contributed by atoms with Crippen molar-refractivity contribution in [2.45, 2.75) is 0 Å². The number of Topliss-reactive ketones (excluding diaryl/α,β-unsaturated/α-hetero) is 1. The lowest BCUT2D eigenvalue weighted by molar-refractivity contribution is -0.144. The second-order valence-electron chi connectivity index (χ2n) is 3.61. The van der Waals surface area contributed by atoms with Gasteiger partial charge in [-0.1, -0.05) is 0 Å². The number of hydrogen-bond acceptors (Lipinski definition) is 5. The molecule has 0 radical (unpaired) electrons. The van der Waals surface area contributed by atoms with E-state index in [1.165, 1.54) is 14.2 Å². The molecule has 5 nitrogen and oxygen atoms in total. The van der Waals surface area contributed by atoms with Crippen LogP contribution >= 0.6 is 0 Å². The van der Waals surface area contributed by atoms with Gasteiger partial charge in [-0.25, -0.2) is 0 Å². The lowest BCUT2D eigenvalue weighted by Crippen LogP contribution is -2.34. The second kappa shape index (κ2) is 4.45. The summed E-state index contributed by atoms with van der Waals surface area (Å²) in [6.07, 6.45) is 0. The molecule has 90 valence electrons. The van der Waals surface area contributed by atoms with Crippen LogP contribution in [0.15, 0.2) is 18.2 Å². The van der Waals surface area contributed by atoms with Crippen molar-refractivity contribution in [3.8, 4) is 11.5 Å². The molecule has 2 rings (SSSR count). The van der Waals surface area contributed by atoms with Crippen LogP contribution in [0.3, 0.4) is 0 Å². The van der Waals surface area contributed by atoms with Crippen LogP contribution in [-0.4, -0.2) is 32.6 Å². The number of hydrogen-bond donors (Lipinski definition) is 0. The first-order valence-corrected chi connectivity index (χ1v) is 5.10. The number of esters is 1. The minimum absolute atomic E-state index is 0.0187. The minimum Gasteiger partial charge on any atom is -0.497 e. The van der Waals surface area contributed by atoms with Crippen LogP contribution in [0.25, 0.3) is 0 Å². The SMILES string of the molecule is COC(=O)C1COc2ccc(OC)cc2C1=O. The van der Waals surface area contributed by atoms with Gasteiger partial charge in [0.2, 0.25) is 0 Å². The number of carbonyl (C=O) groups is 2. The highest BCUT2D eigenvalue weighted by Crippen LogP contribution is 2.30. The molecule has 17 heavy (non-hydrogen) atoms. The number of methoxy groups -OCH3 is 2. The van der Waals surface area contributed by atoms with Gasteiger partial charge in [-0.15, -0.1) is 0 Å². The zero-order valence-electron chi connectivity index (χ0n) is 9.56. The Labute approximate surface area is 98.3 Å². The molecule has 0 saturated carbocycles. The van der Waals surface area contributed by atoms with Crippen LogP contribution in [0.2, 0.25) is 0 Å². The number of ether oxygens (including phenoxy) is 3. The molecule has 1 aliphatic heterocycles. The van der Waals surface area contributed by atoms with Crippen molar-refractivity contribution in [3.63, 3.8) is 0 Å². The van der Waals surface area contributed by atoms with Gasteiger partial charge in [0.05, 0.1) is 19.8 Å². The first kappa shape index (κ1) is 11.4. The molecular formula is C12H12O5. The normalized spacial score (nSPS) is 18.0. The maximum atomic E-state index is 12.0. The van der Waals surface area contributed by atoms with Gasteiger partial charge in [-0.2, -0.15) is 0 Å². The van der Waals surface area contributed by atoms with Crippen molar-refractivity contribution in [1.29, 1.82) is 0 Å². The van der Waals surface area contributed by atoms with E-state index in [1.807, 2.05) is 0 Å². The standard InChI is InChI=1S/C12H12O5/c1-15-7-3-4-10-8(5-7)11(13)9(6-17-10)12(14)16-2/h3-5,9H,6H2,1-2H3. The highest BCUT2D eigenvalue weighted by molar-refractivity contribution is 6.11. The van der Waals surface area contributed by atoms with E-state index in [1.54, 1.807) is 18.2 Å². The Balaban J connectivity index is 2.36. The van der Waals surface area contributed by atoms with Crippen molar-refractivity contribution in [2.75, 3.05) is 20.8 Å². The summed E-state index contributed by atoms with van der Waals surface area (Å²) in [5.41, 5.74) is 0.353. The second-order valence-corrected chi connectivity index (χ2v) is 3.61. The van der Waals surface area contributed by atoms with E-state index in [-0.39, 0.29) is 12.4 Å². The third-order valence-corrected chi connectivity index (χ3v) is 2.66. The fraction of sp³-hybridized carbons (Fsp3) is 0.333. The average Bonchev–Trinajstić information content (AvgIpc) is 2.38. The molecule has 0 aromatic heterocycles. The van der Waals surface area contributed by atoms with Gasteiger partial charge >= 0.3 is 5.97 Å². The molecule has 0 fully saturated rings. The number of benzene rings is 1. The molecule has 1 heterocycles. The van der Waals surface area contributed by atoms with Gasteiger partial charge < -0.3 is 14.2 Å². The van der Waals surface area contributed by atoms with Crippen LogP contribution in [0.1, 0.15) is 10.4 Å². The molecule has 0 bridgehead atoms. The number of fused-ring (bicyclic) bond motifs is 1. The van der Waals surface area contributed by atoms with E-state index in [9.17, 15) is 9.59 Å². The molecule has 5 heteroatoms. The van der Waals surface area contributed by atoms with Gasteiger partial charge in [-0.3, -0.25) is 9.59 Å². The fourth-order valence-electron chi connectivity index (χ4n) is 1.71. The van der Waals surface area contributed by atoms with Gasteiger partial charge in [0.25, 0.3) is 0 Å². The van der Waals surface area contributed by atoms with Crippen molar-refractivity contribution >= 4 is 11.8 Å². The highest BCUT2D eigenvalue weighted by atomic mass is 16.5. The number of rotatable bonds is 2. The van der Waals surface area contributed by atoms with Crippen LogP contribution in [0, 0.1) is 5.92 Å². The largest absolute Gasteiger partial charge is 0.497 e. The zero-order chi connectivity index (χ0) is 12.4. The number of carbonyl (C=O) groups excluding carboxylic acids is 2. The summed E-state index contributed by atoms with van der Waals surface area (Å²) in [6.45, 7) is 0.0187. The molecule has 0 saturated heterocycles. The summed E-state index contributed by atoms with van der Waals surface area (Å²) < 4.78 is 14.9. The molecule has 1 atom stereocenters. The highest BCUT2D eigenvalue weighted by Gasteiger charge is 2.35. The lowest BCUT2D eigenvalue weighted by atomic mass is 9.95. The molecule has 0 spiro atoms. The topological polar surface area (TPSA) is 61.8 Å². The molecule has 1 aromatic rings. The predicted molar refractivity (Wildman–Crippen MR) is 58.3 cm³/mol.